The van der Waals surface area contributed by atoms with Gasteiger partial charge in [-0.15, -0.1) is 0 Å². The largest absolute Gasteiger partial charge is 0.335 e. The number of nitrogens with zero attached hydrogens (tertiary/aromatic N) is 2. The molecule has 1 fully saturated rings. The average Bonchev–Trinajstić information content (AvgIpc) is 3.03. The number of anilines is 1. The van der Waals surface area contributed by atoms with Gasteiger partial charge in [0.1, 0.15) is 0 Å². The van der Waals surface area contributed by atoms with Gasteiger partial charge in [0.15, 0.2) is 23.3 Å². The molecule has 0 spiro atoms. The van der Waals surface area contributed by atoms with Crippen LogP contribution in [0.1, 0.15) is 34.1 Å². The third kappa shape index (κ3) is 2.46. The monoisotopic (exact) mass is 449 g/mol. The Morgan fingerprint density at radius 3 is 1.78 bits per heavy atom. The molecular weight excluding hydrogens is 438 g/mol. The summed E-state index contributed by atoms with van der Waals surface area (Å²) in [6.07, 6.45) is -0.617. The fourth-order valence-electron chi connectivity index (χ4n) is 3.81. The Bertz CT molecular complexity index is 1200. The fourth-order valence-corrected chi connectivity index (χ4v) is 3.81. The van der Waals surface area contributed by atoms with Crippen molar-refractivity contribution in [3.05, 3.63) is 64.7 Å². The number of imide groups is 3. The zero-order chi connectivity index (χ0) is 23.5. The molecule has 2 aliphatic rings. The Morgan fingerprint density at radius 2 is 1.31 bits per heavy atom. The molecule has 8 nitrogen and oxygen atoms in total. The van der Waals surface area contributed by atoms with Gasteiger partial charge in [0, 0.05) is 0 Å². The van der Waals surface area contributed by atoms with Crippen molar-refractivity contribution < 1.29 is 41.5 Å². The molecule has 1 unspecified atom stereocenters. The smallest absolute Gasteiger partial charge is 0.275 e. The van der Waals surface area contributed by atoms with E-state index in [1.807, 2.05) is 5.32 Å². The van der Waals surface area contributed by atoms with Crippen molar-refractivity contribution in [3.8, 4) is 0 Å². The Morgan fingerprint density at radius 1 is 0.812 bits per heavy atom. The number of hydrogen-bond donors (Lipinski definition) is 1. The molecule has 1 saturated heterocycles. The van der Waals surface area contributed by atoms with Crippen LogP contribution in [0.2, 0.25) is 0 Å². The molecule has 0 saturated carbocycles. The molecule has 1 atom stereocenters. The van der Waals surface area contributed by atoms with Crippen LogP contribution in [0.3, 0.4) is 0 Å². The molecular formula is C20H11F4N3O5. The van der Waals surface area contributed by atoms with Gasteiger partial charge < -0.3 is 0 Å². The number of benzene rings is 2. The molecule has 12 heteroatoms. The maximum Gasteiger partial charge on any atom is 0.335 e. The number of para-hydroxylation sites is 1. The second-order valence-electron chi connectivity index (χ2n) is 6.90. The molecule has 2 aliphatic heterocycles. The second kappa shape index (κ2) is 6.97. The lowest BCUT2D eigenvalue weighted by Crippen LogP contribution is -2.75. The molecule has 2 aromatic carbocycles. The van der Waals surface area contributed by atoms with Crippen molar-refractivity contribution in [2.45, 2.75) is 18.9 Å². The average molecular weight is 449 g/mol. The van der Waals surface area contributed by atoms with Crippen molar-refractivity contribution in [3.63, 3.8) is 0 Å². The van der Waals surface area contributed by atoms with Crippen LogP contribution >= 0.6 is 0 Å². The minimum Gasteiger partial charge on any atom is -0.275 e. The predicted octanol–water partition coefficient (Wildman–Crippen LogP) is 2.27. The summed E-state index contributed by atoms with van der Waals surface area (Å²) in [5.41, 5.74) is -5.71. The lowest BCUT2D eigenvalue weighted by molar-refractivity contribution is -0.142. The number of halogens is 4. The summed E-state index contributed by atoms with van der Waals surface area (Å²) in [4.78, 5) is 64.8. The van der Waals surface area contributed by atoms with Gasteiger partial charge in [0.25, 0.3) is 23.6 Å². The van der Waals surface area contributed by atoms with Crippen LogP contribution in [0.4, 0.5) is 28.0 Å². The van der Waals surface area contributed by atoms with E-state index in [2.05, 4.69) is 0 Å². The molecule has 164 valence electrons. The van der Waals surface area contributed by atoms with Crippen LogP contribution in [0.15, 0.2) is 30.3 Å². The number of barbiturate groups is 1. The molecule has 0 aliphatic carbocycles. The Labute approximate surface area is 176 Å². The van der Waals surface area contributed by atoms with E-state index in [4.69, 9.17) is 0 Å². The minimum atomic E-state index is -2.76. The molecule has 2 heterocycles. The second-order valence-corrected chi connectivity index (χ2v) is 6.90. The topological polar surface area (TPSA) is 104 Å². The first-order valence-corrected chi connectivity index (χ1v) is 9.09. The number of hydrogen-bond acceptors (Lipinski definition) is 5. The van der Waals surface area contributed by atoms with Gasteiger partial charge in [-0.2, -0.15) is 0 Å². The highest BCUT2D eigenvalue weighted by molar-refractivity contribution is 6.36. The summed E-state index contributed by atoms with van der Waals surface area (Å²) in [5.74, 6) is -15.2. The zero-order valence-corrected chi connectivity index (χ0v) is 16.0. The Balaban J connectivity index is 1.93. The molecule has 0 aromatic heterocycles. The van der Waals surface area contributed by atoms with E-state index < -0.39 is 76.0 Å². The van der Waals surface area contributed by atoms with Crippen LogP contribution in [-0.4, -0.2) is 40.1 Å². The normalized spacial score (nSPS) is 20.7. The van der Waals surface area contributed by atoms with Crippen molar-refractivity contribution in [1.82, 2.24) is 10.2 Å². The highest BCUT2D eigenvalue weighted by Gasteiger charge is 2.63. The first kappa shape index (κ1) is 21.2. The fraction of sp³-hybridized carbons (Fsp3) is 0.150. The lowest BCUT2D eigenvalue weighted by Gasteiger charge is -2.42. The number of fused-ring (bicyclic) bond motifs is 1. The summed E-state index contributed by atoms with van der Waals surface area (Å²) < 4.78 is 56.0. The minimum absolute atomic E-state index is 0.0358. The molecule has 6 amide bonds. The highest BCUT2D eigenvalue weighted by atomic mass is 19.2. The quantitative estimate of drug-likeness (QED) is 0.255. The molecule has 4 rings (SSSR count). The van der Waals surface area contributed by atoms with Gasteiger partial charge in [-0.05, 0) is 18.6 Å². The van der Waals surface area contributed by atoms with E-state index in [0.29, 0.717) is 4.90 Å². The summed E-state index contributed by atoms with van der Waals surface area (Å²) in [6.45, 7) is 1.20. The Hall–Kier alpha value is -4.09. The molecule has 0 bridgehead atoms. The number of nitrogens with one attached hydrogen (secondary N) is 1. The van der Waals surface area contributed by atoms with Gasteiger partial charge in [0.05, 0.1) is 16.8 Å². The van der Waals surface area contributed by atoms with Crippen molar-refractivity contribution in [1.29, 1.82) is 0 Å². The van der Waals surface area contributed by atoms with Crippen LogP contribution < -0.4 is 10.2 Å². The molecule has 2 aromatic rings. The van der Waals surface area contributed by atoms with Gasteiger partial charge in [0.2, 0.25) is 5.54 Å². The highest BCUT2D eigenvalue weighted by Crippen LogP contribution is 2.39. The lowest BCUT2D eigenvalue weighted by atomic mass is 9.88. The van der Waals surface area contributed by atoms with Crippen molar-refractivity contribution in [2.24, 2.45) is 0 Å². The van der Waals surface area contributed by atoms with Gasteiger partial charge in [-0.3, -0.25) is 24.5 Å². The van der Waals surface area contributed by atoms with E-state index in [-0.39, 0.29) is 10.6 Å². The maximum absolute atomic E-state index is 14.3. The molecule has 0 radical (unpaired) electrons. The van der Waals surface area contributed by atoms with Crippen molar-refractivity contribution in [2.75, 3.05) is 4.90 Å². The van der Waals surface area contributed by atoms with E-state index in [0.717, 1.165) is 0 Å². The molecule has 1 N–H and O–H groups in total. The maximum atomic E-state index is 14.3. The van der Waals surface area contributed by atoms with Crippen molar-refractivity contribution >= 4 is 35.3 Å². The number of amides is 6. The predicted molar refractivity (Wildman–Crippen MR) is 97.3 cm³/mol. The third-order valence-corrected chi connectivity index (χ3v) is 5.36. The summed E-state index contributed by atoms with van der Waals surface area (Å²) in [6, 6.07) is 5.92. The molecule has 32 heavy (non-hydrogen) atoms. The van der Waals surface area contributed by atoms with Crippen LogP contribution in [0.5, 0.6) is 0 Å². The van der Waals surface area contributed by atoms with E-state index in [9.17, 15) is 41.5 Å². The van der Waals surface area contributed by atoms with E-state index >= 15 is 0 Å². The van der Waals surface area contributed by atoms with Gasteiger partial charge >= 0.3 is 6.03 Å². The number of carbonyl (C=O) groups is 5. The number of rotatable bonds is 3. The van der Waals surface area contributed by atoms with Crippen LogP contribution in [0.25, 0.3) is 0 Å². The van der Waals surface area contributed by atoms with Crippen LogP contribution in [-0.2, 0) is 9.59 Å². The first-order valence-electron chi connectivity index (χ1n) is 9.09. The van der Waals surface area contributed by atoms with E-state index in [1.54, 1.807) is 6.07 Å². The number of urea groups is 1. The standard InChI is InChI=1S/C20H11F4N3O5/c1-2-20(17(30)25-19(32)26(18(20)31)8-6-4-3-5-7-8)27-15(28)9-10(16(27)29)12(22)14(24)13(23)11(9)21/h3-7H,2H2,1H3,(H,25,30,32). The van der Waals surface area contributed by atoms with E-state index in [1.165, 1.54) is 31.2 Å². The summed E-state index contributed by atoms with van der Waals surface area (Å²) in [5, 5.41) is 1.84. The number of carbonyl (C=O) groups excluding carboxylic acids is 5. The SMILES string of the molecule is CCC1(N2C(=O)c3c(F)c(F)c(F)c(F)c3C2=O)C(=O)NC(=O)N(c2ccccc2)C1=O. The first-order chi connectivity index (χ1) is 15.1. The Kier molecular flexibility index (Phi) is 4.61. The summed E-state index contributed by atoms with van der Waals surface area (Å²) >= 11 is 0. The van der Waals surface area contributed by atoms with Crippen LogP contribution in [0, 0.1) is 23.3 Å². The third-order valence-electron chi connectivity index (χ3n) is 5.36. The van der Waals surface area contributed by atoms with Gasteiger partial charge in [-0.25, -0.2) is 32.2 Å². The zero-order valence-electron chi connectivity index (χ0n) is 16.0. The van der Waals surface area contributed by atoms with Gasteiger partial charge in [-0.1, -0.05) is 25.1 Å². The summed E-state index contributed by atoms with van der Waals surface area (Å²) in [7, 11) is 0.